The Kier molecular flexibility index (Phi) is 5.22. The molecule has 27 heavy (non-hydrogen) atoms. The van der Waals surface area contributed by atoms with Crippen molar-refractivity contribution in [2.45, 2.75) is 12.8 Å². The number of carbonyl (C=O) groups excluding carboxylic acids is 1. The number of ether oxygens (including phenoxy) is 2. The highest BCUT2D eigenvalue weighted by Crippen LogP contribution is 2.33. The topological polar surface area (TPSA) is 88.6 Å². The average Bonchev–Trinajstić information content (AvgIpc) is 3.26. The van der Waals surface area contributed by atoms with Crippen LogP contribution in [0.5, 0.6) is 11.5 Å². The summed E-state index contributed by atoms with van der Waals surface area (Å²) in [5, 5.41) is 6.13. The van der Waals surface area contributed by atoms with Gasteiger partial charge in [-0.25, -0.2) is 9.97 Å². The van der Waals surface area contributed by atoms with Crippen LogP contribution < -0.4 is 25.0 Å². The van der Waals surface area contributed by atoms with Crippen molar-refractivity contribution >= 4 is 17.5 Å². The molecule has 0 radical (unpaired) electrons. The molecule has 1 aromatic heterocycles. The Hall–Kier alpha value is -3.03. The van der Waals surface area contributed by atoms with Gasteiger partial charge in [-0.1, -0.05) is 6.07 Å². The van der Waals surface area contributed by atoms with Gasteiger partial charge in [0.2, 0.25) is 0 Å². The zero-order valence-electron chi connectivity index (χ0n) is 15.1. The lowest BCUT2D eigenvalue weighted by Gasteiger charge is -2.20. The molecule has 2 N–H and O–H groups in total. The average molecular weight is 369 g/mol. The van der Waals surface area contributed by atoms with Gasteiger partial charge in [0, 0.05) is 32.2 Å². The van der Waals surface area contributed by atoms with Crippen molar-refractivity contribution in [3.05, 3.63) is 36.2 Å². The summed E-state index contributed by atoms with van der Waals surface area (Å²) >= 11 is 0. The van der Waals surface area contributed by atoms with E-state index in [9.17, 15) is 4.79 Å². The molecule has 0 bridgehead atoms. The quantitative estimate of drug-likeness (QED) is 0.749. The van der Waals surface area contributed by atoms with E-state index in [1.54, 1.807) is 24.5 Å². The van der Waals surface area contributed by atoms with E-state index >= 15 is 0 Å². The number of para-hydroxylation sites is 1. The maximum Gasteiger partial charge on any atom is 0.255 e. The highest BCUT2D eigenvalue weighted by Gasteiger charge is 2.20. The van der Waals surface area contributed by atoms with E-state index in [2.05, 4.69) is 25.5 Å². The van der Waals surface area contributed by atoms with Crippen LogP contribution >= 0.6 is 0 Å². The second-order valence-electron chi connectivity index (χ2n) is 6.47. The second-order valence-corrected chi connectivity index (χ2v) is 6.47. The Morgan fingerprint density at radius 1 is 1.11 bits per heavy atom. The minimum absolute atomic E-state index is 0.181. The third-order valence-corrected chi connectivity index (χ3v) is 4.61. The molecule has 4 rings (SSSR count). The minimum Gasteiger partial charge on any atom is -0.486 e. The largest absolute Gasteiger partial charge is 0.486 e. The number of anilines is 2. The molecule has 0 spiro atoms. The first-order valence-electron chi connectivity index (χ1n) is 9.29. The van der Waals surface area contributed by atoms with Crippen molar-refractivity contribution in [1.29, 1.82) is 0 Å². The number of benzene rings is 1. The van der Waals surface area contributed by atoms with E-state index < -0.39 is 0 Å². The molecule has 1 saturated heterocycles. The normalized spacial score (nSPS) is 15.5. The van der Waals surface area contributed by atoms with Crippen LogP contribution in [0.2, 0.25) is 0 Å². The molecule has 8 heteroatoms. The van der Waals surface area contributed by atoms with Crippen molar-refractivity contribution in [2.24, 2.45) is 0 Å². The first kappa shape index (κ1) is 17.4. The minimum atomic E-state index is -0.181. The Morgan fingerprint density at radius 2 is 1.96 bits per heavy atom. The molecule has 0 atom stereocenters. The van der Waals surface area contributed by atoms with Crippen molar-refractivity contribution < 1.29 is 14.3 Å². The third kappa shape index (κ3) is 4.05. The molecule has 1 fully saturated rings. The molecule has 0 unspecified atom stereocenters. The van der Waals surface area contributed by atoms with E-state index in [1.807, 2.05) is 6.07 Å². The van der Waals surface area contributed by atoms with Crippen LogP contribution in [-0.4, -0.2) is 55.3 Å². The highest BCUT2D eigenvalue weighted by molar-refractivity contribution is 5.97. The standard InChI is InChI=1S/C19H23N5O3/c25-19(14-4-3-5-15-18(14)27-11-10-26-15)21-7-6-20-16-12-17(23-13-22-16)24-8-1-2-9-24/h3-5,12-13H,1-2,6-11H2,(H,21,25)(H,20,22,23). The molecule has 1 aromatic carbocycles. The van der Waals surface area contributed by atoms with Gasteiger partial charge in [0.15, 0.2) is 11.5 Å². The van der Waals surface area contributed by atoms with Crippen LogP contribution in [0.1, 0.15) is 23.2 Å². The Labute approximate surface area is 157 Å². The van der Waals surface area contributed by atoms with Gasteiger partial charge >= 0.3 is 0 Å². The first-order chi connectivity index (χ1) is 13.3. The van der Waals surface area contributed by atoms with Gasteiger partial charge in [0.05, 0.1) is 5.56 Å². The maximum absolute atomic E-state index is 12.4. The number of rotatable bonds is 6. The number of aromatic nitrogens is 2. The molecule has 2 aliphatic heterocycles. The summed E-state index contributed by atoms with van der Waals surface area (Å²) in [7, 11) is 0. The van der Waals surface area contributed by atoms with Gasteiger partial charge in [-0.3, -0.25) is 4.79 Å². The van der Waals surface area contributed by atoms with E-state index in [0.717, 1.165) is 24.7 Å². The number of amides is 1. The van der Waals surface area contributed by atoms with Crippen molar-refractivity contribution in [1.82, 2.24) is 15.3 Å². The Bertz CT molecular complexity index is 808. The van der Waals surface area contributed by atoms with Crippen LogP contribution in [0.3, 0.4) is 0 Å². The van der Waals surface area contributed by atoms with Gasteiger partial charge < -0.3 is 25.0 Å². The van der Waals surface area contributed by atoms with Crippen LogP contribution in [0.25, 0.3) is 0 Å². The Balaban J connectivity index is 1.29. The highest BCUT2D eigenvalue weighted by atomic mass is 16.6. The molecule has 0 aliphatic carbocycles. The molecule has 3 heterocycles. The SMILES string of the molecule is O=C(NCCNc1cc(N2CCCC2)ncn1)c1cccc2c1OCCO2. The third-order valence-electron chi connectivity index (χ3n) is 4.61. The predicted octanol–water partition coefficient (Wildman–Crippen LogP) is 1.69. The fourth-order valence-corrected chi connectivity index (χ4v) is 3.28. The van der Waals surface area contributed by atoms with Crippen LogP contribution in [0.4, 0.5) is 11.6 Å². The number of nitrogens with one attached hydrogen (secondary N) is 2. The van der Waals surface area contributed by atoms with E-state index in [4.69, 9.17) is 9.47 Å². The lowest BCUT2D eigenvalue weighted by atomic mass is 10.1. The molecule has 8 nitrogen and oxygen atoms in total. The number of carbonyl (C=O) groups is 1. The molecule has 2 aromatic rings. The summed E-state index contributed by atoms with van der Waals surface area (Å²) in [6.07, 6.45) is 3.98. The summed E-state index contributed by atoms with van der Waals surface area (Å²) in [6, 6.07) is 7.29. The molecule has 0 saturated carbocycles. The predicted molar refractivity (Wildman–Crippen MR) is 102 cm³/mol. The number of nitrogens with zero attached hydrogens (tertiary/aromatic N) is 3. The van der Waals surface area contributed by atoms with Gasteiger partial charge in [0.25, 0.3) is 5.91 Å². The lowest BCUT2D eigenvalue weighted by Crippen LogP contribution is -2.30. The monoisotopic (exact) mass is 369 g/mol. The zero-order chi connectivity index (χ0) is 18.5. The van der Waals surface area contributed by atoms with Crippen LogP contribution in [0, 0.1) is 0 Å². The second kappa shape index (κ2) is 8.11. The van der Waals surface area contributed by atoms with E-state index in [-0.39, 0.29) is 5.91 Å². The molecule has 142 valence electrons. The summed E-state index contributed by atoms with van der Waals surface area (Å²) in [6.45, 7) is 4.06. The van der Waals surface area contributed by atoms with Crippen molar-refractivity contribution in [2.75, 3.05) is 49.6 Å². The van der Waals surface area contributed by atoms with Gasteiger partial charge in [0.1, 0.15) is 31.2 Å². The summed E-state index contributed by atoms with van der Waals surface area (Å²) < 4.78 is 11.1. The van der Waals surface area contributed by atoms with E-state index in [1.165, 1.54) is 12.8 Å². The molecule has 2 aliphatic rings. The summed E-state index contributed by atoms with van der Waals surface area (Å²) in [5.41, 5.74) is 0.491. The lowest BCUT2D eigenvalue weighted by molar-refractivity contribution is 0.0944. The van der Waals surface area contributed by atoms with Gasteiger partial charge in [-0.05, 0) is 25.0 Å². The summed E-state index contributed by atoms with van der Waals surface area (Å²) in [4.78, 5) is 23.3. The molecular weight excluding hydrogens is 346 g/mol. The van der Waals surface area contributed by atoms with Crippen LogP contribution in [-0.2, 0) is 0 Å². The molecular formula is C19H23N5O3. The molecule has 1 amide bonds. The maximum atomic E-state index is 12.4. The van der Waals surface area contributed by atoms with E-state index in [0.29, 0.717) is 43.4 Å². The fraction of sp³-hybridized carbons (Fsp3) is 0.421. The van der Waals surface area contributed by atoms with Crippen LogP contribution in [0.15, 0.2) is 30.6 Å². The van der Waals surface area contributed by atoms with Crippen molar-refractivity contribution in [3.8, 4) is 11.5 Å². The number of fused-ring (bicyclic) bond motifs is 1. The number of hydrogen-bond donors (Lipinski definition) is 2. The number of hydrogen-bond acceptors (Lipinski definition) is 7. The van der Waals surface area contributed by atoms with Gasteiger partial charge in [-0.2, -0.15) is 0 Å². The Morgan fingerprint density at radius 3 is 2.85 bits per heavy atom. The smallest absolute Gasteiger partial charge is 0.255 e. The zero-order valence-corrected chi connectivity index (χ0v) is 15.1. The first-order valence-corrected chi connectivity index (χ1v) is 9.29. The van der Waals surface area contributed by atoms with Gasteiger partial charge in [-0.15, -0.1) is 0 Å². The summed E-state index contributed by atoms with van der Waals surface area (Å²) in [5.74, 6) is 2.65. The fourth-order valence-electron chi connectivity index (χ4n) is 3.28. The van der Waals surface area contributed by atoms with Crippen molar-refractivity contribution in [3.63, 3.8) is 0 Å².